The lowest BCUT2D eigenvalue weighted by Gasteiger charge is -2.22. The summed E-state index contributed by atoms with van der Waals surface area (Å²) < 4.78 is 12.4. The van der Waals surface area contributed by atoms with E-state index in [9.17, 15) is 9.90 Å². The Morgan fingerprint density at radius 1 is 1.31 bits per heavy atom. The van der Waals surface area contributed by atoms with Crippen LogP contribution in [0.5, 0.6) is 5.75 Å². The van der Waals surface area contributed by atoms with Gasteiger partial charge in [0.15, 0.2) is 0 Å². The average Bonchev–Trinajstić information content (AvgIpc) is 3.15. The molecule has 1 aromatic carbocycles. The summed E-state index contributed by atoms with van der Waals surface area (Å²) in [6.45, 7) is 6.38. The van der Waals surface area contributed by atoms with E-state index in [-0.39, 0.29) is 6.61 Å². The number of imidazole rings is 1. The summed E-state index contributed by atoms with van der Waals surface area (Å²) in [6.07, 6.45) is 3.38. The zero-order valence-electron chi connectivity index (χ0n) is 19.0. The molecule has 0 aliphatic carbocycles. The number of pyridine rings is 1. The number of carbonyl (C=O) groups excluding carboxylic acids is 1. The van der Waals surface area contributed by atoms with Crippen molar-refractivity contribution >= 4 is 29.0 Å². The predicted octanol–water partition coefficient (Wildman–Crippen LogP) is 4.12. The maximum absolute atomic E-state index is 11.8. The number of hydrogen-bond acceptors (Lipinski definition) is 6. The van der Waals surface area contributed by atoms with Gasteiger partial charge in [0.25, 0.3) is 0 Å². The van der Waals surface area contributed by atoms with Gasteiger partial charge in [0.1, 0.15) is 17.0 Å². The Balaban J connectivity index is 1.75. The molecule has 0 saturated carbocycles. The van der Waals surface area contributed by atoms with Gasteiger partial charge in [-0.15, -0.1) is 0 Å². The highest BCUT2D eigenvalue weighted by Gasteiger charge is 2.16. The number of benzene rings is 1. The molecule has 32 heavy (non-hydrogen) atoms. The zero-order chi connectivity index (χ0) is 23.5. The molecule has 0 aliphatic heterocycles. The molecule has 0 atom stereocenters. The second-order valence-electron chi connectivity index (χ2n) is 8.43. The molecule has 0 unspecified atom stereocenters. The topological polar surface area (TPSA) is 88.3 Å². The molecule has 0 fully saturated rings. The number of hydrogen-bond donors (Lipinski definition) is 2. The Kier molecular flexibility index (Phi) is 7.16. The van der Waals surface area contributed by atoms with Gasteiger partial charge in [-0.3, -0.25) is 0 Å². The fraction of sp³-hybridized carbons (Fsp3) is 0.391. The van der Waals surface area contributed by atoms with Crippen LogP contribution in [0.1, 0.15) is 26.3 Å². The number of alkyl carbamates (subject to hydrolysis) is 1. The third kappa shape index (κ3) is 5.63. The highest BCUT2D eigenvalue weighted by atomic mass is 35.5. The maximum Gasteiger partial charge on any atom is 0.407 e. The van der Waals surface area contributed by atoms with Gasteiger partial charge in [-0.25, -0.2) is 9.78 Å². The quantitative estimate of drug-likeness (QED) is 0.551. The first kappa shape index (κ1) is 23.7. The number of ether oxygens (including phenoxy) is 2. The van der Waals surface area contributed by atoms with E-state index in [1.165, 1.54) is 7.11 Å². The van der Waals surface area contributed by atoms with Gasteiger partial charge in [0.05, 0.1) is 24.4 Å². The van der Waals surface area contributed by atoms with Crippen molar-refractivity contribution in [3.8, 4) is 17.0 Å². The van der Waals surface area contributed by atoms with Crippen molar-refractivity contribution in [3.05, 3.63) is 47.2 Å². The van der Waals surface area contributed by atoms with E-state index in [0.29, 0.717) is 35.1 Å². The molecule has 3 rings (SSSR count). The Morgan fingerprint density at radius 3 is 2.72 bits per heavy atom. The van der Waals surface area contributed by atoms with Crippen molar-refractivity contribution < 1.29 is 19.4 Å². The number of amides is 1. The predicted molar refractivity (Wildman–Crippen MR) is 126 cm³/mol. The van der Waals surface area contributed by atoms with Crippen LogP contribution in [0.2, 0.25) is 5.02 Å². The smallest absolute Gasteiger partial charge is 0.407 e. The summed E-state index contributed by atoms with van der Waals surface area (Å²) in [5.41, 5.74) is 3.31. The molecule has 8 nitrogen and oxygen atoms in total. The standard InChI is InChI=1S/C23H29ClN4O4/c1-23(2,3)32-22(30)25-7-9-27(4)16-6-8-28-13-19(26-21(28)11-16)17-12-18(24)20(31-5)10-15(17)14-29/h6,8,10-13,29H,7,9,14H2,1-5H3,(H,25,30). The van der Waals surface area contributed by atoms with Crippen molar-refractivity contribution in [3.63, 3.8) is 0 Å². The van der Waals surface area contributed by atoms with Crippen LogP contribution in [0.3, 0.4) is 0 Å². The number of halogens is 1. The molecule has 0 saturated heterocycles. The van der Waals surface area contributed by atoms with Gasteiger partial charge in [-0.1, -0.05) is 11.6 Å². The molecule has 9 heteroatoms. The number of aromatic nitrogens is 2. The summed E-state index contributed by atoms with van der Waals surface area (Å²) in [4.78, 5) is 18.5. The molecule has 2 aromatic heterocycles. The van der Waals surface area contributed by atoms with Crippen LogP contribution in [0.15, 0.2) is 36.7 Å². The number of aliphatic hydroxyl groups excluding tert-OH is 1. The lowest BCUT2D eigenvalue weighted by atomic mass is 10.1. The van der Waals surface area contributed by atoms with Crippen LogP contribution in [-0.2, 0) is 11.3 Å². The number of methoxy groups -OCH3 is 1. The van der Waals surface area contributed by atoms with Crippen molar-refractivity contribution in [2.75, 3.05) is 32.1 Å². The Morgan fingerprint density at radius 2 is 2.06 bits per heavy atom. The molecule has 3 aromatic rings. The van der Waals surface area contributed by atoms with Gasteiger partial charge in [0, 0.05) is 49.8 Å². The van der Waals surface area contributed by atoms with Gasteiger partial charge in [0.2, 0.25) is 0 Å². The fourth-order valence-electron chi connectivity index (χ4n) is 3.23. The number of carbonyl (C=O) groups is 1. The molecule has 2 N–H and O–H groups in total. The molecule has 0 spiro atoms. The lowest BCUT2D eigenvalue weighted by Crippen LogP contribution is -2.37. The van der Waals surface area contributed by atoms with Crippen molar-refractivity contribution in [1.29, 1.82) is 0 Å². The molecular formula is C23H29ClN4O4. The first-order valence-electron chi connectivity index (χ1n) is 10.3. The number of rotatable bonds is 7. The van der Waals surface area contributed by atoms with E-state index in [0.717, 1.165) is 16.9 Å². The van der Waals surface area contributed by atoms with Crippen LogP contribution in [0.25, 0.3) is 16.9 Å². The maximum atomic E-state index is 11.8. The minimum absolute atomic E-state index is 0.157. The number of nitrogens with zero attached hydrogens (tertiary/aromatic N) is 3. The summed E-state index contributed by atoms with van der Waals surface area (Å²) in [5, 5.41) is 13.0. The van der Waals surface area contributed by atoms with E-state index in [4.69, 9.17) is 26.1 Å². The minimum Gasteiger partial charge on any atom is -0.495 e. The Hall–Kier alpha value is -2.97. The largest absolute Gasteiger partial charge is 0.495 e. The zero-order valence-corrected chi connectivity index (χ0v) is 19.7. The van der Waals surface area contributed by atoms with Crippen LogP contribution in [0, 0.1) is 0 Å². The van der Waals surface area contributed by atoms with Crippen LogP contribution in [0.4, 0.5) is 10.5 Å². The second-order valence-corrected chi connectivity index (χ2v) is 8.84. The molecule has 0 bridgehead atoms. The summed E-state index contributed by atoms with van der Waals surface area (Å²) in [6, 6.07) is 7.41. The molecular weight excluding hydrogens is 432 g/mol. The first-order valence-corrected chi connectivity index (χ1v) is 10.6. The van der Waals surface area contributed by atoms with E-state index in [1.54, 1.807) is 12.1 Å². The number of aliphatic hydroxyl groups is 1. The van der Waals surface area contributed by atoms with Crippen LogP contribution in [-0.4, -0.2) is 53.4 Å². The van der Waals surface area contributed by atoms with Crippen LogP contribution < -0.4 is 15.0 Å². The number of nitrogens with one attached hydrogen (secondary N) is 1. The van der Waals surface area contributed by atoms with Gasteiger partial charge in [-0.2, -0.15) is 0 Å². The van der Waals surface area contributed by atoms with Crippen LogP contribution >= 0.6 is 11.6 Å². The molecule has 0 aliphatic rings. The number of likely N-dealkylation sites (N-methyl/N-ethyl adjacent to an activating group) is 1. The normalized spacial score (nSPS) is 11.5. The molecule has 1 amide bonds. The van der Waals surface area contributed by atoms with Gasteiger partial charge >= 0.3 is 6.09 Å². The fourth-order valence-corrected chi connectivity index (χ4v) is 3.47. The average molecular weight is 461 g/mol. The van der Waals surface area contributed by atoms with Gasteiger partial charge < -0.3 is 29.2 Å². The first-order chi connectivity index (χ1) is 15.1. The Labute approximate surface area is 192 Å². The summed E-state index contributed by atoms with van der Waals surface area (Å²) in [7, 11) is 3.48. The van der Waals surface area contributed by atoms with E-state index < -0.39 is 11.7 Å². The van der Waals surface area contributed by atoms with Gasteiger partial charge in [-0.05, 0) is 44.5 Å². The second kappa shape index (κ2) is 9.67. The SMILES string of the molecule is COc1cc(CO)c(-c2cn3ccc(N(C)CCNC(=O)OC(C)(C)C)cc3n2)cc1Cl. The molecule has 172 valence electrons. The monoisotopic (exact) mass is 460 g/mol. The number of anilines is 1. The van der Waals surface area contributed by atoms with Crippen molar-refractivity contribution in [2.24, 2.45) is 0 Å². The van der Waals surface area contributed by atoms with E-state index in [1.807, 2.05) is 61.6 Å². The third-order valence-electron chi connectivity index (χ3n) is 4.82. The Bertz CT molecular complexity index is 1110. The van der Waals surface area contributed by atoms with E-state index >= 15 is 0 Å². The third-order valence-corrected chi connectivity index (χ3v) is 5.12. The van der Waals surface area contributed by atoms with Crippen molar-refractivity contribution in [2.45, 2.75) is 33.0 Å². The minimum atomic E-state index is -0.524. The lowest BCUT2D eigenvalue weighted by molar-refractivity contribution is 0.0529. The van der Waals surface area contributed by atoms with E-state index in [2.05, 4.69) is 5.32 Å². The number of fused-ring (bicyclic) bond motifs is 1. The highest BCUT2D eigenvalue weighted by molar-refractivity contribution is 6.32. The highest BCUT2D eigenvalue weighted by Crippen LogP contribution is 2.34. The molecule has 2 heterocycles. The molecule has 0 radical (unpaired) electrons. The summed E-state index contributed by atoms with van der Waals surface area (Å²) >= 11 is 6.29. The van der Waals surface area contributed by atoms with Crippen molar-refractivity contribution in [1.82, 2.24) is 14.7 Å². The summed E-state index contributed by atoms with van der Waals surface area (Å²) in [5.74, 6) is 0.507.